The van der Waals surface area contributed by atoms with Gasteiger partial charge in [0.15, 0.2) is 0 Å². The fourth-order valence-electron chi connectivity index (χ4n) is 2.56. The zero-order valence-corrected chi connectivity index (χ0v) is 13.5. The van der Waals surface area contributed by atoms with E-state index in [1.165, 1.54) is 0 Å². The van der Waals surface area contributed by atoms with Gasteiger partial charge >= 0.3 is 12.1 Å². The number of rotatable bonds is 6. The Balaban J connectivity index is 2.15. The summed E-state index contributed by atoms with van der Waals surface area (Å²) in [4.78, 5) is 15.4. The number of ether oxygens (including phenoxy) is 2. The zero-order chi connectivity index (χ0) is 17.6. The van der Waals surface area contributed by atoms with E-state index in [9.17, 15) is 18.0 Å². The van der Waals surface area contributed by atoms with Gasteiger partial charge in [0.1, 0.15) is 6.10 Å². The third kappa shape index (κ3) is 5.17. The van der Waals surface area contributed by atoms with Crippen molar-refractivity contribution < 1.29 is 27.4 Å². The Morgan fingerprint density at radius 2 is 2.29 bits per heavy atom. The number of pyridine rings is 1. The Hall–Kier alpha value is -1.67. The van der Waals surface area contributed by atoms with Gasteiger partial charge in [-0.3, -0.25) is 9.78 Å². The molecule has 0 spiro atoms. The molecule has 1 aliphatic rings. The minimum absolute atomic E-state index is 0.160. The number of nitrogens with zero attached hydrogens (tertiary/aromatic N) is 1. The Morgan fingerprint density at radius 1 is 1.50 bits per heavy atom. The molecule has 5 nitrogen and oxygen atoms in total. The van der Waals surface area contributed by atoms with Crippen LogP contribution in [0.15, 0.2) is 12.3 Å². The van der Waals surface area contributed by atoms with Crippen LogP contribution in [0.1, 0.15) is 42.7 Å². The molecule has 2 heterocycles. The van der Waals surface area contributed by atoms with E-state index in [1.807, 2.05) is 0 Å². The standard InChI is InChI=1S/C16H21F3N2O3/c1-2-23-14(22)5-3-4-11-8-12(16(17,18)19)9-21-15(11)13-10-20-6-7-24-13/h8-9,13,20H,2-7,10H2,1H3. The van der Waals surface area contributed by atoms with Gasteiger partial charge in [0.05, 0.1) is 24.5 Å². The van der Waals surface area contributed by atoms with Crippen LogP contribution in [0, 0.1) is 0 Å². The van der Waals surface area contributed by atoms with Gasteiger partial charge in [-0.05, 0) is 31.4 Å². The van der Waals surface area contributed by atoms with Crippen molar-refractivity contribution in [3.63, 3.8) is 0 Å². The number of nitrogens with one attached hydrogen (secondary N) is 1. The molecule has 1 aromatic heterocycles. The third-order valence-corrected chi connectivity index (χ3v) is 3.69. The van der Waals surface area contributed by atoms with Crippen molar-refractivity contribution in [1.29, 1.82) is 0 Å². The highest BCUT2D eigenvalue weighted by molar-refractivity contribution is 5.69. The molecule has 0 aliphatic carbocycles. The lowest BCUT2D eigenvalue weighted by molar-refractivity contribution is -0.143. The molecule has 134 valence electrons. The topological polar surface area (TPSA) is 60.5 Å². The summed E-state index contributed by atoms with van der Waals surface area (Å²) in [5.74, 6) is -0.352. The van der Waals surface area contributed by atoms with Crippen LogP contribution in [0.2, 0.25) is 0 Å². The van der Waals surface area contributed by atoms with Gasteiger partial charge in [-0.25, -0.2) is 0 Å². The van der Waals surface area contributed by atoms with Crippen LogP contribution in [0.4, 0.5) is 13.2 Å². The molecule has 0 radical (unpaired) electrons. The normalized spacial score (nSPS) is 18.4. The lowest BCUT2D eigenvalue weighted by atomic mass is 10.0. The number of aryl methyl sites for hydroxylation is 1. The third-order valence-electron chi connectivity index (χ3n) is 3.69. The quantitative estimate of drug-likeness (QED) is 0.803. The summed E-state index contributed by atoms with van der Waals surface area (Å²) >= 11 is 0. The average molecular weight is 346 g/mol. The maximum atomic E-state index is 12.9. The van der Waals surface area contributed by atoms with Crippen LogP contribution in [-0.2, 0) is 26.9 Å². The first-order chi connectivity index (χ1) is 11.4. The lowest BCUT2D eigenvalue weighted by Crippen LogP contribution is -2.34. The molecule has 1 fully saturated rings. The highest BCUT2D eigenvalue weighted by Gasteiger charge is 2.32. The largest absolute Gasteiger partial charge is 0.466 e. The van der Waals surface area contributed by atoms with E-state index >= 15 is 0 Å². The minimum atomic E-state index is -4.45. The van der Waals surface area contributed by atoms with Crippen molar-refractivity contribution in [1.82, 2.24) is 10.3 Å². The first kappa shape index (κ1) is 18.7. The maximum absolute atomic E-state index is 12.9. The van der Waals surface area contributed by atoms with Crippen LogP contribution >= 0.6 is 0 Å². The second kappa shape index (κ2) is 8.43. The van der Waals surface area contributed by atoms with Gasteiger partial charge in [-0.15, -0.1) is 0 Å². The van der Waals surface area contributed by atoms with Crippen molar-refractivity contribution in [3.8, 4) is 0 Å². The molecule has 24 heavy (non-hydrogen) atoms. The summed E-state index contributed by atoms with van der Waals surface area (Å²) in [5, 5.41) is 3.14. The van der Waals surface area contributed by atoms with Crippen molar-refractivity contribution >= 4 is 5.97 Å². The molecule has 8 heteroatoms. The summed E-state index contributed by atoms with van der Waals surface area (Å²) in [5.41, 5.74) is 0.169. The number of aromatic nitrogens is 1. The minimum Gasteiger partial charge on any atom is -0.466 e. The van der Waals surface area contributed by atoms with Crippen LogP contribution in [-0.4, -0.2) is 37.3 Å². The fourth-order valence-corrected chi connectivity index (χ4v) is 2.56. The summed E-state index contributed by atoms with van der Waals surface area (Å²) in [6, 6.07) is 1.10. The molecule has 0 saturated carbocycles. The number of esters is 1. The summed E-state index contributed by atoms with van der Waals surface area (Å²) in [6.07, 6.45) is -3.12. The SMILES string of the molecule is CCOC(=O)CCCc1cc(C(F)(F)F)cnc1C1CNCCO1. The van der Waals surface area contributed by atoms with E-state index in [1.54, 1.807) is 6.92 Å². The first-order valence-corrected chi connectivity index (χ1v) is 7.95. The molecule has 0 aromatic carbocycles. The van der Waals surface area contributed by atoms with E-state index in [4.69, 9.17) is 9.47 Å². The first-order valence-electron chi connectivity index (χ1n) is 7.95. The van der Waals surface area contributed by atoms with Gasteiger partial charge in [-0.1, -0.05) is 0 Å². The Kier molecular flexibility index (Phi) is 6.56. The predicted octanol–water partition coefficient (Wildman–Crippen LogP) is 2.65. The van der Waals surface area contributed by atoms with Crippen LogP contribution in [0.25, 0.3) is 0 Å². The van der Waals surface area contributed by atoms with E-state index in [2.05, 4.69) is 10.3 Å². The average Bonchev–Trinajstić information content (AvgIpc) is 2.55. The molecule has 1 atom stereocenters. The van der Waals surface area contributed by atoms with Crippen LogP contribution in [0.5, 0.6) is 0 Å². The number of alkyl halides is 3. The van der Waals surface area contributed by atoms with Crippen LogP contribution in [0.3, 0.4) is 0 Å². The molecule has 1 N–H and O–H groups in total. The second-order valence-electron chi connectivity index (χ2n) is 5.49. The number of hydrogen-bond donors (Lipinski definition) is 1. The number of carbonyl (C=O) groups excluding carboxylic acids is 1. The number of carbonyl (C=O) groups is 1. The highest BCUT2D eigenvalue weighted by Crippen LogP contribution is 2.32. The van der Waals surface area contributed by atoms with E-state index in [0.717, 1.165) is 12.3 Å². The molecule has 0 amide bonds. The van der Waals surface area contributed by atoms with Crippen LogP contribution < -0.4 is 5.32 Å². The second-order valence-corrected chi connectivity index (χ2v) is 5.49. The van der Waals surface area contributed by atoms with E-state index < -0.39 is 11.7 Å². The van der Waals surface area contributed by atoms with Gasteiger partial charge in [-0.2, -0.15) is 13.2 Å². The van der Waals surface area contributed by atoms with Crippen molar-refractivity contribution in [2.45, 2.75) is 38.5 Å². The summed E-state index contributed by atoms with van der Waals surface area (Å²) in [7, 11) is 0. The molecular formula is C16H21F3N2O3. The smallest absolute Gasteiger partial charge is 0.417 e. The zero-order valence-electron chi connectivity index (χ0n) is 13.5. The van der Waals surface area contributed by atoms with Gasteiger partial charge in [0.25, 0.3) is 0 Å². The molecule has 1 unspecified atom stereocenters. The monoisotopic (exact) mass is 346 g/mol. The molecular weight excluding hydrogens is 325 g/mol. The Morgan fingerprint density at radius 3 is 2.92 bits per heavy atom. The number of morpholine rings is 1. The van der Waals surface area contributed by atoms with Crippen molar-refractivity contribution in [2.75, 3.05) is 26.3 Å². The predicted molar refractivity (Wildman–Crippen MR) is 80.4 cm³/mol. The van der Waals surface area contributed by atoms with Crippen molar-refractivity contribution in [3.05, 3.63) is 29.1 Å². The van der Waals surface area contributed by atoms with E-state index in [0.29, 0.717) is 43.8 Å². The Bertz CT molecular complexity index is 558. The van der Waals surface area contributed by atoms with Gasteiger partial charge in [0.2, 0.25) is 0 Å². The summed E-state index contributed by atoms with van der Waals surface area (Å²) in [6.45, 7) is 3.69. The fraction of sp³-hybridized carbons (Fsp3) is 0.625. The number of hydrogen-bond acceptors (Lipinski definition) is 5. The van der Waals surface area contributed by atoms with Crippen molar-refractivity contribution in [2.24, 2.45) is 0 Å². The summed E-state index contributed by atoms with van der Waals surface area (Å²) < 4.78 is 49.2. The molecule has 1 saturated heterocycles. The maximum Gasteiger partial charge on any atom is 0.417 e. The van der Waals surface area contributed by atoms with Gasteiger partial charge < -0.3 is 14.8 Å². The number of halogens is 3. The highest BCUT2D eigenvalue weighted by atomic mass is 19.4. The molecule has 0 bridgehead atoms. The lowest BCUT2D eigenvalue weighted by Gasteiger charge is -2.25. The van der Waals surface area contributed by atoms with Gasteiger partial charge in [0, 0.05) is 25.7 Å². The molecule has 2 rings (SSSR count). The Labute approximate surface area is 138 Å². The molecule has 1 aromatic rings. The molecule has 1 aliphatic heterocycles. The van der Waals surface area contributed by atoms with E-state index in [-0.39, 0.29) is 25.1 Å².